The molecule has 2 rings (SSSR count). The quantitative estimate of drug-likeness (QED) is 0.750. The summed E-state index contributed by atoms with van der Waals surface area (Å²) in [5, 5.41) is 3.94. The number of benzene rings is 1. The van der Waals surface area contributed by atoms with Crippen LogP contribution in [0.25, 0.3) is 0 Å². The Morgan fingerprint density at radius 1 is 1.25 bits per heavy atom. The number of nitrogens with zero attached hydrogens (tertiary/aromatic N) is 2. The minimum Gasteiger partial charge on any atom is -0.406 e. The van der Waals surface area contributed by atoms with E-state index >= 15 is 0 Å². The van der Waals surface area contributed by atoms with Crippen LogP contribution in [0.2, 0.25) is 0 Å². The topological polar surface area (TPSA) is 44.1 Å². The maximum Gasteiger partial charge on any atom is 0.573 e. The van der Waals surface area contributed by atoms with Crippen molar-refractivity contribution in [3.63, 3.8) is 0 Å². The monoisotopic (exact) mass is 396 g/mol. The van der Waals surface area contributed by atoms with Gasteiger partial charge in [-0.1, -0.05) is 12.1 Å². The summed E-state index contributed by atoms with van der Waals surface area (Å²) in [6.07, 6.45) is -3.18. The number of hydrogen-bond acceptors (Lipinski definition) is 3. The Kier molecular flexibility index (Phi) is 4.31. The van der Waals surface area contributed by atoms with Crippen molar-refractivity contribution in [3.05, 3.63) is 56.0 Å². The SMILES string of the molecule is O=c1cc(I)cnn1Cc1ccc(OC(F)(F)F)cc1. The van der Waals surface area contributed by atoms with Crippen LogP contribution in [0.5, 0.6) is 5.75 Å². The summed E-state index contributed by atoms with van der Waals surface area (Å²) >= 11 is 1.97. The van der Waals surface area contributed by atoms with Gasteiger partial charge in [0.15, 0.2) is 0 Å². The molecule has 8 heteroatoms. The molecule has 0 saturated carbocycles. The highest BCUT2D eigenvalue weighted by Gasteiger charge is 2.30. The highest BCUT2D eigenvalue weighted by molar-refractivity contribution is 14.1. The average molecular weight is 396 g/mol. The summed E-state index contributed by atoms with van der Waals surface area (Å²) in [6.45, 7) is 0.183. The van der Waals surface area contributed by atoms with Gasteiger partial charge >= 0.3 is 6.36 Å². The Bertz CT molecular complexity index is 653. The Balaban J connectivity index is 2.13. The molecule has 0 aliphatic carbocycles. The van der Waals surface area contributed by atoms with E-state index in [1.807, 2.05) is 22.6 Å². The molecule has 0 N–H and O–H groups in total. The zero-order valence-corrected chi connectivity index (χ0v) is 12.1. The van der Waals surface area contributed by atoms with Crippen LogP contribution in [-0.2, 0) is 6.54 Å². The number of halogens is 4. The third-order valence-electron chi connectivity index (χ3n) is 2.33. The van der Waals surface area contributed by atoms with Crippen molar-refractivity contribution in [3.8, 4) is 5.75 Å². The van der Waals surface area contributed by atoms with Gasteiger partial charge in [-0.2, -0.15) is 5.10 Å². The zero-order valence-electron chi connectivity index (χ0n) is 9.89. The molecular weight excluding hydrogens is 388 g/mol. The van der Waals surface area contributed by atoms with E-state index in [1.165, 1.54) is 41.2 Å². The molecule has 1 aromatic heterocycles. The molecule has 106 valence electrons. The van der Waals surface area contributed by atoms with Gasteiger partial charge in [0.2, 0.25) is 0 Å². The molecule has 0 fully saturated rings. The first-order valence-corrected chi connectivity index (χ1v) is 6.49. The molecular formula is C12H8F3IN2O2. The second kappa shape index (κ2) is 5.81. The molecule has 0 aliphatic rings. The average Bonchev–Trinajstić information content (AvgIpc) is 2.33. The van der Waals surface area contributed by atoms with Gasteiger partial charge < -0.3 is 4.74 Å². The van der Waals surface area contributed by atoms with Crippen LogP contribution >= 0.6 is 22.6 Å². The van der Waals surface area contributed by atoms with Crippen LogP contribution < -0.4 is 10.3 Å². The zero-order chi connectivity index (χ0) is 14.8. The van der Waals surface area contributed by atoms with E-state index in [-0.39, 0.29) is 17.9 Å². The molecule has 1 aromatic carbocycles. The molecule has 20 heavy (non-hydrogen) atoms. The Hall–Kier alpha value is -1.58. The first-order valence-electron chi connectivity index (χ1n) is 5.41. The second-order valence-corrected chi connectivity index (χ2v) is 5.11. The fraction of sp³-hybridized carbons (Fsp3) is 0.167. The van der Waals surface area contributed by atoms with Crippen LogP contribution in [0.4, 0.5) is 13.2 Å². The van der Waals surface area contributed by atoms with Crippen LogP contribution in [0.15, 0.2) is 41.3 Å². The van der Waals surface area contributed by atoms with Gasteiger partial charge in [-0.25, -0.2) is 4.68 Å². The van der Waals surface area contributed by atoms with Gasteiger partial charge in [0.25, 0.3) is 5.56 Å². The highest BCUT2D eigenvalue weighted by atomic mass is 127. The van der Waals surface area contributed by atoms with E-state index in [9.17, 15) is 18.0 Å². The molecule has 0 aliphatic heterocycles. The molecule has 0 unspecified atom stereocenters. The molecule has 0 saturated heterocycles. The third-order valence-corrected chi connectivity index (χ3v) is 2.92. The Morgan fingerprint density at radius 3 is 2.45 bits per heavy atom. The smallest absolute Gasteiger partial charge is 0.406 e. The maximum atomic E-state index is 12.0. The van der Waals surface area contributed by atoms with Crippen LogP contribution in [0, 0.1) is 3.57 Å². The molecule has 0 spiro atoms. The first kappa shape index (κ1) is 14.8. The van der Waals surface area contributed by atoms with Gasteiger partial charge in [0.05, 0.1) is 12.7 Å². The van der Waals surface area contributed by atoms with Gasteiger partial charge in [-0.3, -0.25) is 4.79 Å². The normalized spacial score (nSPS) is 11.4. The molecule has 0 bridgehead atoms. The van der Waals surface area contributed by atoms with E-state index < -0.39 is 6.36 Å². The van der Waals surface area contributed by atoms with E-state index in [0.717, 1.165) is 3.57 Å². The summed E-state index contributed by atoms with van der Waals surface area (Å²) in [7, 11) is 0. The molecule has 2 aromatic rings. The number of alkyl halides is 3. The number of rotatable bonds is 3. The minimum absolute atomic E-state index is 0.183. The lowest BCUT2D eigenvalue weighted by atomic mass is 10.2. The van der Waals surface area contributed by atoms with Crippen molar-refractivity contribution in [2.24, 2.45) is 0 Å². The summed E-state index contributed by atoms with van der Waals surface area (Å²) in [6, 6.07) is 6.72. The predicted octanol–water partition coefficient (Wildman–Crippen LogP) is 2.79. The van der Waals surface area contributed by atoms with Crippen molar-refractivity contribution < 1.29 is 17.9 Å². The molecule has 0 radical (unpaired) electrons. The van der Waals surface area contributed by atoms with Crippen LogP contribution in [-0.4, -0.2) is 16.1 Å². The Labute approximate surface area is 125 Å². The summed E-state index contributed by atoms with van der Waals surface area (Å²) in [4.78, 5) is 11.6. The van der Waals surface area contributed by atoms with Crippen LogP contribution in [0.3, 0.4) is 0 Å². The van der Waals surface area contributed by atoms with E-state index in [2.05, 4.69) is 9.84 Å². The summed E-state index contributed by atoms with van der Waals surface area (Å²) in [5.41, 5.74) is 0.378. The van der Waals surface area contributed by atoms with Gasteiger partial charge in [-0.15, -0.1) is 13.2 Å². The third kappa shape index (κ3) is 4.22. The van der Waals surface area contributed by atoms with E-state index in [0.29, 0.717) is 5.56 Å². The largest absolute Gasteiger partial charge is 0.573 e. The van der Waals surface area contributed by atoms with Crippen molar-refractivity contribution >= 4 is 22.6 Å². The maximum absolute atomic E-state index is 12.0. The molecule has 1 heterocycles. The number of aromatic nitrogens is 2. The van der Waals surface area contributed by atoms with Crippen LogP contribution in [0.1, 0.15) is 5.56 Å². The van der Waals surface area contributed by atoms with Crippen molar-refractivity contribution in [2.45, 2.75) is 12.9 Å². The summed E-state index contributed by atoms with van der Waals surface area (Å²) < 4.78 is 41.7. The lowest BCUT2D eigenvalue weighted by molar-refractivity contribution is -0.274. The van der Waals surface area contributed by atoms with Gasteiger partial charge in [0.1, 0.15) is 5.75 Å². The van der Waals surface area contributed by atoms with Gasteiger partial charge in [-0.05, 0) is 40.3 Å². The summed E-state index contributed by atoms with van der Waals surface area (Å²) in [5.74, 6) is -0.302. The van der Waals surface area contributed by atoms with Crippen molar-refractivity contribution in [1.82, 2.24) is 9.78 Å². The van der Waals surface area contributed by atoms with Gasteiger partial charge in [0, 0.05) is 9.64 Å². The fourth-order valence-electron chi connectivity index (χ4n) is 1.50. The number of ether oxygens (including phenoxy) is 1. The highest BCUT2D eigenvalue weighted by Crippen LogP contribution is 2.22. The Morgan fingerprint density at radius 2 is 1.90 bits per heavy atom. The first-order chi connectivity index (χ1) is 9.33. The van der Waals surface area contributed by atoms with E-state index in [1.54, 1.807) is 0 Å². The second-order valence-electron chi connectivity index (χ2n) is 3.86. The van der Waals surface area contributed by atoms with Crippen molar-refractivity contribution in [1.29, 1.82) is 0 Å². The van der Waals surface area contributed by atoms with Crippen molar-refractivity contribution in [2.75, 3.05) is 0 Å². The minimum atomic E-state index is -4.71. The molecule has 4 nitrogen and oxygen atoms in total. The lowest BCUT2D eigenvalue weighted by Crippen LogP contribution is -2.22. The fourth-order valence-corrected chi connectivity index (χ4v) is 1.89. The standard InChI is InChI=1S/C12H8F3IN2O2/c13-12(14,15)20-10-3-1-8(2-4-10)7-18-11(19)5-9(16)6-17-18/h1-6H,7H2. The molecule has 0 atom stereocenters. The molecule has 0 amide bonds. The van der Waals surface area contributed by atoms with E-state index in [4.69, 9.17) is 0 Å². The predicted molar refractivity (Wildman–Crippen MR) is 73.4 cm³/mol. The lowest BCUT2D eigenvalue weighted by Gasteiger charge is -2.09. The number of hydrogen-bond donors (Lipinski definition) is 0.